The molecule has 3 heterocycles. The lowest BCUT2D eigenvalue weighted by Gasteiger charge is -2.11. The minimum atomic E-state index is -0.108. The number of carbonyl (C=O) groups excluding carboxylic acids is 1. The van der Waals surface area contributed by atoms with Gasteiger partial charge in [0.1, 0.15) is 5.69 Å². The maximum atomic E-state index is 12.8. The van der Waals surface area contributed by atoms with Crippen LogP contribution in [0.1, 0.15) is 23.0 Å². The normalized spacial score (nSPS) is 12.5. The molecule has 1 amide bonds. The number of nitrogens with one attached hydrogen (secondary N) is 1. The van der Waals surface area contributed by atoms with Crippen molar-refractivity contribution in [2.24, 2.45) is 0 Å². The lowest BCUT2D eigenvalue weighted by molar-refractivity contribution is 0.0942. The number of benzene rings is 1. The van der Waals surface area contributed by atoms with E-state index in [1.165, 1.54) is 0 Å². The molecular weight excluding hydrogens is 416 g/mol. The van der Waals surface area contributed by atoms with Gasteiger partial charge in [0.2, 0.25) is 6.79 Å². The van der Waals surface area contributed by atoms with Crippen molar-refractivity contribution in [1.29, 1.82) is 0 Å². The summed E-state index contributed by atoms with van der Waals surface area (Å²) in [5.74, 6) is 1.34. The van der Waals surface area contributed by atoms with Gasteiger partial charge in [0.05, 0.1) is 14.0 Å². The van der Waals surface area contributed by atoms with Crippen molar-refractivity contribution in [1.82, 2.24) is 9.88 Å². The first-order valence-corrected chi connectivity index (χ1v) is 9.72. The second-order valence-corrected chi connectivity index (χ2v) is 8.71. The molecule has 1 aliphatic heterocycles. The first-order chi connectivity index (χ1) is 12.5. The molecule has 0 radical (unpaired) electrons. The van der Waals surface area contributed by atoms with Crippen LogP contribution in [0.4, 0.5) is 0 Å². The molecule has 1 N–H and O–H groups in total. The maximum Gasteiger partial charge on any atom is 0.268 e. The van der Waals surface area contributed by atoms with Crippen LogP contribution in [0, 0.1) is 0 Å². The van der Waals surface area contributed by atoms with Crippen LogP contribution in [0.25, 0.3) is 10.2 Å². The fourth-order valence-electron chi connectivity index (χ4n) is 2.96. The van der Waals surface area contributed by atoms with E-state index in [4.69, 9.17) is 9.47 Å². The molecule has 5 nitrogen and oxygen atoms in total. The Morgan fingerprint density at radius 2 is 2.12 bits per heavy atom. The standard InChI is InChI=1S/C19H17BrN2O3S/c1-11(2)9-22-13-7-18(20)26-17(13)6-14(22)19(23)21-8-12-3-4-15-16(5-12)25-10-24-15/h3-7H,1,8-10H2,2H3,(H,21,23). The van der Waals surface area contributed by atoms with E-state index < -0.39 is 0 Å². The molecule has 0 saturated heterocycles. The molecular formula is C19H17BrN2O3S. The fourth-order valence-corrected chi connectivity index (χ4v) is 4.53. The minimum absolute atomic E-state index is 0.108. The highest BCUT2D eigenvalue weighted by Gasteiger charge is 2.18. The molecule has 0 unspecified atom stereocenters. The summed E-state index contributed by atoms with van der Waals surface area (Å²) < 4.78 is 14.8. The number of hydrogen-bond acceptors (Lipinski definition) is 4. The molecule has 3 aromatic rings. The summed E-state index contributed by atoms with van der Waals surface area (Å²) >= 11 is 5.13. The second-order valence-electron chi connectivity index (χ2n) is 6.24. The number of fused-ring (bicyclic) bond motifs is 2. The quantitative estimate of drug-likeness (QED) is 0.594. The zero-order chi connectivity index (χ0) is 18.3. The van der Waals surface area contributed by atoms with E-state index in [9.17, 15) is 4.79 Å². The fraction of sp³-hybridized carbons (Fsp3) is 0.211. The van der Waals surface area contributed by atoms with Crippen LogP contribution >= 0.6 is 27.3 Å². The number of halogens is 1. The Morgan fingerprint density at radius 1 is 1.31 bits per heavy atom. The molecule has 0 atom stereocenters. The number of hydrogen-bond donors (Lipinski definition) is 1. The SMILES string of the molecule is C=C(C)Cn1c(C(=O)NCc2ccc3c(c2)OCO3)cc2sc(Br)cc21. The van der Waals surface area contributed by atoms with E-state index in [1.807, 2.05) is 41.8 Å². The third-order valence-corrected chi connectivity index (χ3v) is 5.68. The number of aromatic nitrogens is 1. The molecule has 7 heteroatoms. The van der Waals surface area contributed by atoms with E-state index >= 15 is 0 Å². The van der Waals surface area contributed by atoms with Gasteiger partial charge in [-0.1, -0.05) is 18.2 Å². The van der Waals surface area contributed by atoms with E-state index in [0.717, 1.165) is 30.9 Å². The topological polar surface area (TPSA) is 52.5 Å². The van der Waals surface area contributed by atoms with Gasteiger partial charge in [-0.3, -0.25) is 4.79 Å². The first-order valence-electron chi connectivity index (χ1n) is 8.11. The van der Waals surface area contributed by atoms with Crippen molar-refractivity contribution in [2.45, 2.75) is 20.0 Å². The average Bonchev–Trinajstić information content (AvgIpc) is 3.27. The monoisotopic (exact) mass is 432 g/mol. The van der Waals surface area contributed by atoms with E-state index in [0.29, 0.717) is 24.5 Å². The number of rotatable bonds is 5. The number of amides is 1. The van der Waals surface area contributed by atoms with Gasteiger partial charge in [0.25, 0.3) is 5.91 Å². The van der Waals surface area contributed by atoms with Crippen molar-refractivity contribution in [3.05, 3.63) is 57.5 Å². The molecule has 0 saturated carbocycles. The number of carbonyl (C=O) groups is 1. The van der Waals surface area contributed by atoms with Crippen molar-refractivity contribution in [3.63, 3.8) is 0 Å². The largest absolute Gasteiger partial charge is 0.454 e. The van der Waals surface area contributed by atoms with Gasteiger partial charge in [-0.2, -0.15) is 0 Å². The molecule has 1 aromatic carbocycles. The zero-order valence-electron chi connectivity index (χ0n) is 14.2. The van der Waals surface area contributed by atoms with Crippen molar-refractivity contribution in [2.75, 3.05) is 6.79 Å². The van der Waals surface area contributed by atoms with E-state index in [-0.39, 0.29) is 12.7 Å². The summed E-state index contributed by atoms with van der Waals surface area (Å²) in [6, 6.07) is 9.66. The average molecular weight is 433 g/mol. The van der Waals surface area contributed by atoms with E-state index in [1.54, 1.807) is 11.3 Å². The lowest BCUT2D eigenvalue weighted by Crippen LogP contribution is -2.25. The third kappa shape index (κ3) is 3.24. The minimum Gasteiger partial charge on any atom is -0.454 e. The van der Waals surface area contributed by atoms with Gasteiger partial charge in [0.15, 0.2) is 11.5 Å². The summed E-state index contributed by atoms with van der Waals surface area (Å²) in [4.78, 5) is 12.8. The highest BCUT2D eigenvalue weighted by Crippen LogP contribution is 2.34. The highest BCUT2D eigenvalue weighted by atomic mass is 79.9. The predicted molar refractivity (Wildman–Crippen MR) is 106 cm³/mol. The summed E-state index contributed by atoms with van der Waals surface area (Å²) in [6.07, 6.45) is 0. The smallest absolute Gasteiger partial charge is 0.268 e. The second kappa shape index (κ2) is 6.81. The molecule has 26 heavy (non-hydrogen) atoms. The Bertz CT molecular complexity index is 1020. The van der Waals surface area contributed by atoms with Crippen molar-refractivity contribution < 1.29 is 14.3 Å². The number of nitrogens with zero attached hydrogens (tertiary/aromatic N) is 1. The third-order valence-electron chi connectivity index (χ3n) is 4.11. The summed E-state index contributed by atoms with van der Waals surface area (Å²) in [5.41, 5.74) is 3.64. The molecule has 0 bridgehead atoms. The van der Waals surface area contributed by atoms with Crippen LogP contribution < -0.4 is 14.8 Å². The summed E-state index contributed by atoms with van der Waals surface area (Å²) in [6.45, 7) is 7.22. The van der Waals surface area contributed by atoms with Gasteiger partial charge in [-0.05, 0) is 52.7 Å². The number of allylic oxidation sites excluding steroid dienone is 1. The Balaban J connectivity index is 1.56. The zero-order valence-corrected chi connectivity index (χ0v) is 16.6. The molecule has 0 aliphatic carbocycles. The van der Waals surface area contributed by atoms with E-state index in [2.05, 4.69) is 27.8 Å². The molecule has 0 fully saturated rings. The van der Waals surface area contributed by atoms with Crippen molar-refractivity contribution >= 4 is 43.4 Å². The molecule has 134 valence electrons. The van der Waals surface area contributed by atoms with Gasteiger partial charge in [-0.15, -0.1) is 11.3 Å². The Hall–Kier alpha value is -2.25. The number of ether oxygens (including phenoxy) is 2. The molecule has 1 aliphatic rings. The van der Waals surface area contributed by atoms with Gasteiger partial charge in [-0.25, -0.2) is 0 Å². The number of thiophene rings is 1. The Morgan fingerprint density at radius 3 is 2.92 bits per heavy atom. The molecule has 2 aromatic heterocycles. The van der Waals surface area contributed by atoms with Gasteiger partial charge in [0, 0.05) is 13.1 Å². The lowest BCUT2D eigenvalue weighted by atomic mass is 10.2. The highest BCUT2D eigenvalue weighted by molar-refractivity contribution is 9.11. The first kappa shape index (κ1) is 17.2. The molecule has 4 rings (SSSR count). The summed E-state index contributed by atoms with van der Waals surface area (Å²) in [7, 11) is 0. The Kier molecular flexibility index (Phi) is 4.50. The maximum absolute atomic E-state index is 12.8. The van der Waals surface area contributed by atoms with Crippen molar-refractivity contribution in [3.8, 4) is 11.5 Å². The van der Waals surface area contributed by atoms with Crippen LogP contribution in [0.5, 0.6) is 11.5 Å². The van der Waals surface area contributed by atoms with Crippen LogP contribution in [-0.2, 0) is 13.1 Å². The van der Waals surface area contributed by atoms with Crippen LogP contribution in [-0.4, -0.2) is 17.3 Å². The van der Waals surface area contributed by atoms with Gasteiger partial charge >= 0.3 is 0 Å². The summed E-state index contributed by atoms with van der Waals surface area (Å²) in [5, 5.41) is 2.99. The van der Waals surface area contributed by atoms with Crippen LogP contribution in [0.15, 0.2) is 46.3 Å². The molecule has 0 spiro atoms. The Labute approximate surface area is 163 Å². The predicted octanol–water partition coefficient (Wildman–Crippen LogP) is 4.70. The van der Waals surface area contributed by atoms with Gasteiger partial charge < -0.3 is 19.4 Å². The van der Waals surface area contributed by atoms with Crippen LogP contribution in [0.2, 0.25) is 0 Å². The van der Waals surface area contributed by atoms with Crippen LogP contribution in [0.3, 0.4) is 0 Å².